The minimum absolute atomic E-state index is 0.0886. The Kier molecular flexibility index (Phi) is 7.65. The van der Waals surface area contributed by atoms with Crippen molar-refractivity contribution in [2.75, 3.05) is 7.11 Å². The molecule has 0 fully saturated rings. The van der Waals surface area contributed by atoms with Crippen LogP contribution in [-0.4, -0.2) is 27.7 Å². The second-order valence-electron chi connectivity index (χ2n) is 5.70. The van der Waals surface area contributed by atoms with E-state index in [2.05, 4.69) is 10.2 Å². The summed E-state index contributed by atoms with van der Waals surface area (Å²) in [5.41, 5.74) is 11.2. The van der Waals surface area contributed by atoms with Crippen molar-refractivity contribution in [3.63, 3.8) is 0 Å². The number of nitrogens with zero attached hydrogens (tertiary/aromatic N) is 2. The summed E-state index contributed by atoms with van der Waals surface area (Å²) < 4.78 is 35.5. The lowest BCUT2D eigenvalue weighted by molar-refractivity contribution is 0.411. The molecule has 0 aromatic heterocycles. The van der Waals surface area contributed by atoms with E-state index in [-0.39, 0.29) is 21.6 Å². The predicted molar refractivity (Wildman–Crippen MR) is 109 cm³/mol. The number of methoxy groups -OCH3 is 1. The molecule has 0 amide bonds. The Bertz CT molecular complexity index is 973. The van der Waals surface area contributed by atoms with Crippen LogP contribution in [0, 0.1) is 0 Å². The van der Waals surface area contributed by atoms with Crippen molar-refractivity contribution in [1.82, 2.24) is 0 Å². The smallest absolute Gasteiger partial charge is 0.340 e. The van der Waals surface area contributed by atoms with Crippen LogP contribution in [0.15, 0.2) is 57.6 Å². The van der Waals surface area contributed by atoms with Gasteiger partial charge in [0, 0.05) is 12.3 Å². The van der Waals surface area contributed by atoms with Crippen LogP contribution in [0.2, 0.25) is 5.02 Å². The van der Waals surface area contributed by atoms with Crippen molar-refractivity contribution in [2.45, 2.75) is 24.2 Å². The molecule has 0 atom stereocenters. The van der Waals surface area contributed by atoms with Gasteiger partial charge in [0.25, 0.3) is 0 Å². The second-order valence-corrected chi connectivity index (χ2v) is 7.62. The van der Waals surface area contributed by atoms with E-state index in [0.717, 1.165) is 12.0 Å². The lowest BCUT2D eigenvalue weighted by Crippen LogP contribution is -2.21. The van der Waals surface area contributed by atoms with Gasteiger partial charge in [-0.05, 0) is 49.1 Å². The first-order valence-corrected chi connectivity index (χ1v) is 10.1. The standard InChI is InChI=1S/C18H21ClN4O4S/c1-26-14-10-13(6-4-5-9-22-23-18(20)21)11-15(12-14)27-28(24,25)17-8-3-2-7-16(17)19/h2-3,7-12H,4-6H2,1H3,(H4,20,21,23). The number of hydrogen-bond donors (Lipinski definition) is 2. The molecule has 0 aliphatic carbocycles. The summed E-state index contributed by atoms with van der Waals surface area (Å²) in [6, 6.07) is 11.0. The molecular formula is C18H21ClN4O4S. The number of benzene rings is 2. The molecule has 2 aromatic carbocycles. The van der Waals surface area contributed by atoms with Crippen molar-refractivity contribution in [1.29, 1.82) is 0 Å². The van der Waals surface area contributed by atoms with Gasteiger partial charge in [-0.15, -0.1) is 5.10 Å². The van der Waals surface area contributed by atoms with Crippen molar-refractivity contribution in [3.05, 3.63) is 53.1 Å². The molecule has 28 heavy (non-hydrogen) atoms. The van der Waals surface area contributed by atoms with E-state index in [1.54, 1.807) is 24.4 Å². The fourth-order valence-corrected chi connectivity index (χ4v) is 3.73. The first-order valence-electron chi connectivity index (χ1n) is 8.29. The molecule has 10 heteroatoms. The molecule has 0 saturated heterocycles. The summed E-state index contributed by atoms with van der Waals surface area (Å²) in [4.78, 5) is -0.100. The molecule has 0 saturated carbocycles. The number of nitrogens with two attached hydrogens (primary N) is 2. The fourth-order valence-electron chi connectivity index (χ4n) is 2.32. The highest BCUT2D eigenvalue weighted by atomic mass is 35.5. The Balaban J connectivity index is 2.13. The molecule has 150 valence electrons. The van der Waals surface area contributed by atoms with Gasteiger partial charge in [-0.2, -0.15) is 13.5 Å². The third-order valence-corrected chi connectivity index (χ3v) is 5.29. The zero-order valence-corrected chi connectivity index (χ0v) is 16.8. The fraction of sp³-hybridized carbons (Fsp3) is 0.222. The van der Waals surface area contributed by atoms with E-state index >= 15 is 0 Å². The van der Waals surface area contributed by atoms with E-state index < -0.39 is 10.1 Å². The summed E-state index contributed by atoms with van der Waals surface area (Å²) >= 11 is 5.97. The monoisotopic (exact) mass is 424 g/mol. The van der Waals surface area contributed by atoms with Gasteiger partial charge in [-0.1, -0.05) is 23.7 Å². The van der Waals surface area contributed by atoms with E-state index in [1.165, 1.54) is 25.3 Å². The molecular weight excluding hydrogens is 404 g/mol. The summed E-state index contributed by atoms with van der Waals surface area (Å²) in [5, 5.41) is 7.31. The molecule has 0 heterocycles. The Hall–Kier alpha value is -2.78. The minimum Gasteiger partial charge on any atom is -0.497 e. The molecule has 0 bridgehead atoms. The number of halogens is 1. The summed E-state index contributed by atoms with van der Waals surface area (Å²) in [6.07, 6.45) is 3.63. The van der Waals surface area contributed by atoms with Gasteiger partial charge < -0.3 is 20.4 Å². The quantitative estimate of drug-likeness (QED) is 0.209. The number of ether oxygens (including phenoxy) is 1. The molecule has 0 aliphatic heterocycles. The molecule has 0 aliphatic rings. The molecule has 0 radical (unpaired) electrons. The van der Waals surface area contributed by atoms with E-state index in [1.807, 2.05) is 6.07 Å². The second kappa shape index (κ2) is 9.95. The van der Waals surface area contributed by atoms with Gasteiger partial charge in [-0.3, -0.25) is 0 Å². The number of unbranched alkanes of at least 4 members (excludes halogenated alkanes) is 1. The van der Waals surface area contributed by atoms with Crippen LogP contribution in [0.25, 0.3) is 0 Å². The highest BCUT2D eigenvalue weighted by molar-refractivity contribution is 7.87. The largest absolute Gasteiger partial charge is 0.497 e. The Morgan fingerprint density at radius 1 is 1.18 bits per heavy atom. The van der Waals surface area contributed by atoms with Gasteiger partial charge in [-0.25, -0.2) is 0 Å². The van der Waals surface area contributed by atoms with Crippen LogP contribution in [-0.2, 0) is 16.5 Å². The number of hydrogen-bond acceptors (Lipinski definition) is 6. The van der Waals surface area contributed by atoms with Crippen LogP contribution in [0.3, 0.4) is 0 Å². The molecule has 2 aromatic rings. The maximum Gasteiger partial charge on any atom is 0.340 e. The maximum absolute atomic E-state index is 12.5. The van der Waals surface area contributed by atoms with Gasteiger partial charge in [0.1, 0.15) is 16.4 Å². The molecule has 8 nitrogen and oxygen atoms in total. The van der Waals surface area contributed by atoms with Gasteiger partial charge in [0.15, 0.2) is 0 Å². The summed E-state index contributed by atoms with van der Waals surface area (Å²) in [6.45, 7) is 0. The summed E-state index contributed by atoms with van der Waals surface area (Å²) in [7, 11) is -2.58. The molecule has 4 N–H and O–H groups in total. The summed E-state index contributed by atoms with van der Waals surface area (Å²) in [5.74, 6) is 0.519. The average molecular weight is 425 g/mol. The van der Waals surface area contributed by atoms with Crippen LogP contribution >= 0.6 is 11.6 Å². The highest BCUT2D eigenvalue weighted by Gasteiger charge is 2.20. The van der Waals surface area contributed by atoms with E-state index in [9.17, 15) is 8.42 Å². The van der Waals surface area contributed by atoms with E-state index in [0.29, 0.717) is 18.6 Å². The Morgan fingerprint density at radius 2 is 1.89 bits per heavy atom. The molecule has 2 rings (SSSR count). The van der Waals surface area contributed by atoms with Crippen LogP contribution in [0.1, 0.15) is 18.4 Å². The zero-order chi connectivity index (χ0) is 20.6. The Labute approximate surface area is 168 Å². The van der Waals surface area contributed by atoms with Crippen LogP contribution in [0.5, 0.6) is 11.5 Å². The van der Waals surface area contributed by atoms with Gasteiger partial charge in [0.05, 0.1) is 12.1 Å². The highest BCUT2D eigenvalue weighted by Crippen LogP contribution is 2.28. The third kappa shape index (κ3) is 6.43. The lowest BCUT2D eigenvalue weighted by atomic mass is 10.1. The topological polar surface area (TPSA) is 129 Å². The number of aryl methyl sites for hydroxylation is 1. The first kappa shape index (κ1) is 21.5. The van der Waals surface area contributed by atoms with Crippen LogP contribution < -0.4 is 20.4 Å². The third-order valence-electron chi connectivity index (χ3n) is 3.54. The predicted octanol–water partition coefficient (Wildman–Crippen LogP) is 2.70. The van der Waals surface area contributed by atoms with Crippen molar-refractivity contribution in [2.24, 2.45) is 21.7 Å². The Morgan fingerprint density at radius 3 is 2.57 bits per heavy atom. The normalized spacial score (nSPS) is 11.4. The van der Waals surface area contributed by atoms with Crippen molar-refractivity contribution in [3.8, 4) is 11.5 Å². The maximum atomic E-state index is 12.5. The van der Waals surface area contributed by atoms with E-state index in [4.69, 9.17) is 32.0 Å². The first-order chi connectivity index (χ1) is 13.3. The SMILES string of the molecule is COc1cc(CCCC=NN=C(N)N)cc(OS(=O)(=O)c2ccccc2Cl)c1. The van der Waals surface area contributed by atoms with Crippen molar-refractivity contribution >= 4 is 33.9 Å². The lowest BCUT2D eigenvalue weighted by Gasteiger charge is -2.11. The molecule has 0 spiro atoms. The van der Waals surface area contributed by atoms with Crippen LogP contribution in [0.4, 0.5) is 0 Å². The number of guanidine groups is 1. The number of rotatable bonds is 9. The average Bonchev–Trinajstić information content (AvgIpc) is 2.64. The molecule has 0 unspecified atom stereocenters. The van der Waals surface area contributed by atoms with Gasteiger partial charge >= 0.3 is 10.1 Å². The zero-order valence-electron chi connectivity index (χ0n) is 15.2. The van der Waals surface area contributed by atoms with Gasteiger partial charge in [0.2, 0.25) is 5.96 Å². The minimum atomic E-state index is -4.07. The van der Waals surface area contributed by atoms with Crippen molar-refractivity contribution < 1.29 is 17.3 Å².